The van der Waals surface area contributed by atoms with Crippen molar-refractivity contribution in [3.8, 4) is 0 Å². The largest absolute Gasteiger partial charge is 0.444 e. The zero-order valence-electron chi connectivity index (χ0n) is 15.7. The number of hydrogen-bond donors (Lipinski definition) is 1. The van der Waals surface area contributed by atoms with Crippen molar-refractivity contribution in [2.24, 2.45) is 11.3 Å². The summed E-state index contributed by atoms with van der Waals surface area (Å²) >= 11 is 0. The van der Waals surface area contributed by atoms with E-state index in [4.69, 9.17) is 9.72 Å². The van der Waals surface area contributed by atoms with Gasteiger partial charge in [0.05, 0.1) is 5.92 Å². The Kier molecular flexibility index (Phi) is 3.05. The van der Waals surface area contributed by atoms with Crippen molar-refractivity contribution in [3.05, 3.63) is 11.6 Å². The monoisotopic (exact) mass is 358 g/mol. The van der Waals surface area contributed by atoms with Crippen LogP contribution in [0.15, 0.2) is 0 Å². The average molecular weight is 358 g/mol. The Morgan fingerprint density at radius 1 is 1.19 bits per heavy atom. The van der Waals surface area contributed by atoms with Crippen molar-refractivity contribution in [1.29, 1.82) is 0 Å². The highest BCUT2D eigenvalue weighted by molar-refractivity contribution is 5.93. The lowest BCUT2D eigenvalue weighted by Crippen LogP contribution is -2.71. The second-order valence-corrected chi connectivity index (χ2v) is 9.86. The van der Waals surface area contributed by atoms with E-state index in [0.29, 0.717) is 24.8 Å². The average Bonchev–Trinajstić information content (AvgIpc) is 3.12. The van der Waals surface area contributed by atoms with Crippen LogP contribution in [0.3, 0.4) is 0 Å². The van der Waals surface area contributed by atoms with Crippen LogP contribution in [0.25, 0.3) is 0 Å². The van der Waals surface area contributed by atoms with Gasteiger partial charge in [0.1, 0.15) is 17.2 Å². The quantitative estimate of drug-likeness (QED) is 0.893. The number of carbonyl (C=O) groups excluding carboxylic acids is 2. The molecular formula is C19H26N4O3. The molecule has 0 unspecified atom stereocenters. The van der Waals surface area contributed by atoms with E-state index >= 15 is 0 Å². The number of rotatable bonds is 4. The van der Waals surface area contributed by atoms with Crippen LogP contribution in [0.1, 0.15) is 70.4 Å². The zero-order valence-corrected chi connectivity index (χ0v) is 15.7. The Morgan fingerprint density at radius 3 is 2.42 bits per heavy atom. The van der Waals surface area contributed by atoms with Crippen LogP contribution < -0.4 is 0 Å². The number of carbonyl (C=O) groups is 2. The van der Waals surface area contributed by atoms with Gasteiger partial charge in [-0.05, 0) is 52.9 Å². The maximum atomic E-state index is 12.9. The summed E-state index contributed by atoms with van der Waals surface area (Å²) in [5.74, 6) is 2.82. The van der Waals surface area contributed by atoms with E-state index in [1.807, 2.05) is 20.8 Å². The molecule has 5 aliphatic rings. The van der Waals surface area contributed by atoms with E-state index in [2.05, 4.69) is 10.2 Å². The Balaban J connectivity index is 1.15. The fourth-order valence-corrected chi connectivity index (χ4v) is 4.89. The lowest BCUT2D eigenvalue weighted by atomic mass is 9.33. The molecule has 1 saturated heterocycles. The molecule has 26 heavy (non-hydrogen) atoms. The van der Waals surface area contributed by atoms with Gasteiger partial charge in [0.2, 0.25) is 0 Å². The fraction of sp³-hybridized carbons (Fsp3) is 0.789. The summed E-state index contributed by atoms with van der Waals surface area (Å²) in [6, 6.07) is 0. The number of aromatic amines is 1. The second kappa shape index (κ2) is 4.87. The molecule has 0 spiro atoms. The Hall–Kier alpha value is -1.92. The highest BCUT2D eigenvalue weighted by Gasteiger charge is 2.74. The molecule has 1 amide bonds. The van der Waals surface area contributed by atoms with Gasteiger partial charge in [-0.1, -0.05) is 0 Å². The van der Waals surface area contributed by atoms with Gasteiger partial charge in [-0.15, -0.1) is 0 Å². The van der Waals surface area contributed by atoms with E-state index in [9.17, 15) is 9.59 Å². The predicted octanol–water partition coefficient (Wildman–Crippen LogP) is 2.54. The summed E-state index contributed by atoms with van der Waals surface area (Å²) in [6.45, 7) is 6.55. The molecule has 1 N–H and O–H groups in total. The molecule has 1 aromatic rings. The molecular weight excluding hydrogens is 332 g/mol. The Bertz CT molecular complexity index is 763. The first-order chi connectivity index (χ1) is 12.2. The van der Waals surface area contributed by atoms with Crippen molar-refractivity contribution in [1.82, 2.24) is 20.1 Å². The molecule has 0 aromatic carbocycles. The van der Waals surface area contributed by atoms with Gasteiger partial charge in [0.15, 0.2) is 5.82 Å². The molecule has 4 saturated carbocycles. The number of amides is 1. The number of likely N-dealkylation sites (tertiary alicyclic amines) is 1. The predicted molar refractivity (Wildman–Crippen MR) is 92.6 cm³/mol. The minimum absolute atomic E-state index is 0.0324. The highest BCUT2D eigenvalue weighted by Crippen LogP contribution is 2.74. The molecule has 0 radical (unpaired) electrons. The normalized spacial score (nSPS) is 33.1. The molecule has 7 nitrogen and oxygen atoms in total. The topological polar surface area (TPSA) is 88.2 Å². The molecule has 5 fully saturated rings. The van der Waals surface area contributed by atoms with E-state index in [-0.39, 0.29) is 22.8 Å². The zero-order chi connectivity index (χ0) is 18.3. The lowest BCUT2D eigenvalue weighted by molar-refractivity contribution is -0.183. The molecule has 1 aliphatic heterocycles. The summed E-state index contributed by atoms with van der Waals surface area (Å²) in [7, 11) is 0. The van der Waals surface area contributed by atoms with Gasteiger partial charge in [-0.2, -0.15) is 5.10 Å². The molecule has 2 heterocycles. The third-order valence-electron chi connectivity index (χ3n) is 6.40. The molecule has 2 bridgehead atoms. The first-order valence-electron chi connectivity index (χ1n) is 9.65. The number of hydrogen-bond acceptors (Lipinski definition) is 5. The van der Waals surface area contributed by atoms with Crippen LogP contribution >= 0.6 is 0 Å². The van der Waals surface area contributed by atoms with Gasteiger partial charge in [-0.3, -0.25) is 9.89 Å². The van der Waals surface area contributed by atoms with Crippen LogP contribution in [0.2, 0.25) is 0 Å². The second-order valence-electron chi connectivity index (χ2n) is 9.86. The van der Waals surface area contributed by atoms with Crippen molar-refractivity contribution < 1.29 is 14.3 Å². The van der Waals surface area contributed by atoms with Crippen LogP contribution in [-0.2, 0) is 14.9 Å². The summed E-state index contributed by atoms with van der Waals surface area (Å²) in [5, 5.41) is 7.52. The number of ketones is 1. The number of nitrogens with one attached hydrogen (secondary N) is 1. The van der Waals surface area contributed by atoms with Gasteiger partial charge < -0.3 is 9.64 Å². The Morgan fingerprint density at radius 2 is 1.85 bits per heavy atom. The number of Topliss-reactive ketones (excluding diaryl/α,β-unsaturated/α-hetero) is 1. The molecule has 140 valence electrons. The molecule has 6 rings (SSSR count). The van der Waals surface area contributed by atoms with Crippen LogP contribution in [-0.4, -0.2) is 50.6 Å². The van der Waals surface area contributed by atoms with Crippen molar-refractivity contribution >= 4 is 11.9 Å². The maximum absolute atomic E-state index is 12.9. The van der Waals surface area contributed by atoms with Gasteiger partial charge in [-0.25, -0.2) is 9.78 Å². The molecule has 1 aromatic heterocycles. The van der Waals surface area contributed by atoms with E-state index < -0.39 is 5.60 Å². The summed E-state index contributed by atoms with van der Waals surface area (Å²) in [5.41, 5.74) is -0.638. The SMILES string of the molecule is CC(C)(C)OC(=O)N1CC(C(=O)C23CC(c4n[nH]c(C5CC5)n4)(C2)C3)C1. The first kappa shape index (κ1) is 16.3. The smallest absolute Gasteiger partial charge is 0.410 e. The minimum Gasteiger partial charge on any atom is -0.444 e. The first-order valence-corrected chi connectivity index (χ1v) is 9.65. The summed E-state index contributed by atoms with van der Waals surface area (Å²) < 4.78 is 5.36. The molecule has 4 aliphatic carbocycles. The van der Waals surface area contributed by atoms with E-state index in [1.165, 1.54) is 12.8 Å². The van der Waals surface area contributed by atoms with Crippen LogP contribution in [0.4, 0.5) is 4.79 Å². The summed E-state index contributed by atoms with van der Waals surface area (Å²) in [6.07, 6.45) is 4.74. The Labute approximate surface area is 152 Å². The van der Waals surface area contributed by atoms with E-state index in [1.54, 1.807) is 4.90 Å². The van der Waals surface area contributed by atoms with Crippen LogP contribution in [0.5, 0.6) is 0 Å². The number of aromatic nitrogens is 3. The van der Waals surface area contributed by atoms with Gasteiger partial charge in [0, 0.05) is 29.8 Å². The third kappa shape index (κ3) is 2.32. The van der Waals surface area contributed by atoms with Gasteiger partial charge in [0.25, 0.3) is 0 Å². The van der Waals surface area contributed by atoms with E-state index in [0.717, 1.165) is 30.9 Å². The molecule has 7 heteroatoms. The number of H-pyrrole nitrogens is 1. The van der Waals surface area contributed by atoms with Crippen molar-refractivity contribution in [2.45, 2.75) is 69.8 Å². The van der Waals surface area contributed by atoms with Crippen LogP contribution in [0, 0.1) is 11.3 Å². The third-order valence-corrected chi connectivity index (χ3v) is 6.40. The number of nitrogens with zero attached hydrogens (tertiary/aromatic N) is 3. The standard InChI is InChI=1S/C19H26N4O3/c1-17(2,3)26-16(25)23-6-12(7-23)13(24)18-8-19(9-18,10-18)15-20-14(21-22-15)11-4-5-11/h11-12H,4-10H2,1-3H3,(H,20,21,22). The van der Waals surface area contributed by atoms with Crippen molar-refractivity contribution in [3.63, 3.8) is 0 Å². The minimum atomic E-state index is -0.498. The number of ether oxygens (including phenoxy) is 1. The molecule has 0 atom stereocenters. The fourth-order valence-electron chi connectivity index (χ4n) is 4.89. The summed E-state index contributed by atoms with van der Waals surface area (Å²) in [4.78, 5) is 31.2. The highest BCUT2D eigenvalue weighted by atomic mass is 16.6. The van der Waals surface area contributed by atoms with Crippen molar-refractivity contribution in [2.75, 3.05) is 13.1 Å². The lowest BCUT2D eigenvalue weighted by Gasteiger charge is -2.69. The maximum Gasteiger partial charge on any atom is 0.410 e. The van der Waals surface area contributed by atoms with Gasteiger partial charge >= 0.3 is 6.09 Å².